The Morgan fingerprint density at radius 2 is 1.30 bits per heavy atom. The standard InChI is InChI=1S/C23H27FN4O2/c24-19-5-8-20(9-6-19)25-22(29)15-27-10-12-28(13-11-27)16-23(30)26-21-7-4-17-2-1-3-18(17)14-21/h4-9,14H,1-3,10-13,15-16H2,(H,25,29)(H,26,30). The van der Waals surface area contributed by atoms with Crippen molar-refractivity contribution in [3.63, 3.8) is 0 Å². The first-order valence-corrected chi connectivity index (χ1v) is 10.5. The van der Waals surface area contributed by atoms with Gasteiger partial charge < -0.3 is 10.6 Å². The fraction of sp³-hybridized carbons (Fsp3) is 0.391. The van der Waals surface area contributed by atoms with E-state index in [-0.39, 0.29) is 24.2 Å². The van der Waals surface area contributed by atoms with Crippen LogP contribution in [-0.4, -0.2) is 60.9 Å². The Labute approximate surface area is 176 Å². The van der Waals surface area contributed by atoms with Crippen LogP contribution in [0.25, 0.3) is 0 Å². The number of amides is 2. The van der Waals surface area contributed by atoms with Gasteiger partial charge in [-0.2, -0.15) is 0 Å². The maximum Gasteiger partial charge on any atom is 0.238 e. The number of aryl methyl sites for hydroxylation is 2. The summed E-state index contributed by atoms with van der Waals surface area (Å²) in [7, 11) is 0. The largest absolute Gasteiger partial charge is 0.325 e. The van der Waals surface area contributed by atoms with Crippen molar-refractivity contribution < 1.29 is 14.0 Å². The lowest BCUT2D eigenvalue weighted by molar-refractivity contribution is -0.120. The van der Waals surface area contributed by atoms with Gasteiger partial charge in [0, 0.05) is 37.6 Å². The second kappa shape index (κ2) is 9.36. The van der Waals surface area contributed by atoms with Gasteiger partial charge in [0.05, 0.1) is 13.1 Å². The number of benzene rings is 2. The molecule has 30 heavy (non-hydrogen) atoms. The van der Waals surface area contributed by atoms with Crippen LogP contribution in [0.15, 0.2) is 42.5 Å². The molecule has 4 rings (SSSR count). The third kappa shape index (κ3) is 5.43. The summed E-state index contributed by atoms with van der Waals surface area (Å²) in [5.41, 5.74) is 4.20. The van der Waals surface area contributed by atoms with Crippen molar-refractivity contribution in [1.82, 2.24) is 9.80 Å². The van der Waals surface area contributed by atoms with E-state index in [1.165, 1.54) is 29.7 Å². The third-order valence-corrected chi connectivity index (χ3v) is 5.71. The molecule has 6 nitrogen and oxygen atoms in total. The van der Waals surface area contributed by atoms with Crippen LogP contribution in [0.2, 0.25) is 0 Å². The smallest absolute Gasteiger partial charge is 0.238 e. The Bertz CT molecular complexity index is 908. The van der Waals surface area contributed by atoms with Crippen molar-refractivity contribution >= 4 is 23.2 Å². The normalized spacial score (nSPS) is 16.8. The van der Waals surface area contributed by atoms with Gasteiger partial charge in [0.2, 0.25) is 11.8 Å². The molecule has 7 heteroatoms. The van der Waals surface area contributed by atoms with Crippen molar-refractivity contribution in [2.45, 2.75) is 19.3 Å². The number of hydrogen-bond acceptors (Lipinski definition) is 4. The molecule has 0 atom stereocenters. The van der Waals surface area contributed by atoms with Gasteiger partial charge in [0.15, 0.2) is 0 Å². The summed E-state index contributed by atoms with van der Waals surface area (Å²) in [6.07, 6.45) is 3.42. The Kier molecular flexibility index (Phi) is 6.40. The minimum absolute atomic E-state index is 0.00421. The molecule has 1 fully saturated rings. The zero-order valence-electron chi connectivity index (χ0n) is 17.0. The van der Waals surface area contributed by atoms with Crippen molar-refractivity contribution in [3.8, 4) is 0 Å². The third-order valence-electron chi connectivity index (χ3n) is 5.71. The number of hydrogen-bond donors (Lipinski definition) is 2. The van der Waals surface area contributed by atoms with E-state index < -0.39 is 0 Å². The fourth-order valence-electron chi connectivity index (χ4n) is 4.10. The molecule has 0 spiro atoms. The van der Waals surface area contributed by atoms with Crippen molar-refractivity contribution in [3.05, 3.63) is 59.4 Å². The van der Waals surface area contributed by atoms with E-state index in [9.17, 15) is 14.0 Å². The first-order chi connectivity index (χ1) is 14.5. The second-order valence-corrected chi connectivity index (χ2v) is 7.99. The highest BCUT2D eigenvalue weighted by atomic mass is 19.1. The minimum Gasteiger partial charge on any atom is -0.325 e. The number of nitrogens with zero attached hydrogens (tertiary/aromatic N) is 2. The molecule has 2 aliphatic rings. The monoisotopic (exact) mass is 410 g/mol. The molecule has 1 saturated heterocycles. The summed E-state index contributed by atoms with van der Waals surface area (Å²) in [5.74, 6) is -0.454. The average Bonchev–Trinajstić information content (AvgIpc) is 3.19. The van der Waals surface area contributed by atoms with E-state index in [1.54, 1.807) is 12.1 Å². The first-order valence-electron chi connectivity index (χ1n) is 10.5. The van der Waals surface area contributed by atoms with Gasteiger partial charge in [-0.15, -0.1) is 0 Å². The zero-order chi connectivity index (χ0) is 20.9. The number of halogens is 1. The molecule has 1 aliphatic carbocycles. The number of carbonyl (C=O) groups is 2. The number of fused-ring (bicyclic) bond motifs is 1. The zero-order valence-corrected chi connectivity index (χ0v) is 17.0. The lowest BCUT2D eigenvalue weighted by Crippen LogP contribution is -2.50. The molecule has 2 N–H and O–H groups in total. The molecule has 1 aliphatic heterocycles. The van der Waals surface area contributed by atoms with Gasteiger partial charge in [-0.05, 0) is 66.8 Å². The molecule has 2 aromatic carbocycles. The molecule has 2 aromatic rings. The molecule has 2 amide bonds. The first kappa shape index (κ1) is 20.5. The predicted molar refractivity (Wildman–Crippen MR) is 115 cm³/mol. The van der Waals surface area contributed by atoms with Crippen LogP contribution in [0, 0.1) is 5.82 Å². The van der Waals surface area contributed by atoms with Crippen molar-refractivity contribution in [1.29, 1.82) is 0 Å². The van der Waals surface area contributed by atoms with Gasteiger partial charge in [0.1, 0.15) is 5.82 Å². The Morgan fingerprint density at radius 3 is 1.93 bits per heavy atom. The summed E-state index contributed by atoms with van der Waals surface area (Å²) in [6, 6.07) is 11.9. The van der Waals surface area contributed by atoms with E-state index in [0.29, 0.717) is 12.2 Å². The number of piperazine rings is 1. The lowest BCUT2D eigenvalue weighted by Gasteiger charge is -2.33. The van der Waals surface area contributed by atoms with Crippen molar-refractivity contribution in [2.24, 2.45) is 0 Å². The minimum atomic E-state index is -0.329. The Balaban J connectivity index is 1.18. The summed E-state index contributed by atoms with van der Waals surface area (Å²) in [5, 5.41) is 5.79. The molecule has 0 saturated carbocycles. The van der Waals surface area contributed by atoms with E-state index in [2.05, 4.69) is 32.6 Å². The SMILES string of the molecule is O=C(CN1CCN(CC(=O)Nc2ccc3c(c2)CCC3)CC1)Nc1ccc(F)cc1. The van der Waals surface area contributed by atoms with Gasteiger partial charge in [-0.25, -0.2) is 4.39 Å². The second-order valence-electron chi connectivity index (χ2n) is 7.99. The molecular formula is C23H27FN4O2. The topological polar surface area (TPSA) is 64.7 Å². The Hall–Kier alpha value is -2.77. The molecule has 0 aromatic heterocycles. The number of rotatable bonds is 6. The van der Waals surface area contributed by atoms with Gasteiger partial charge >= 0.3 is 0 Å². The fourth-order valence-corrected chi connectivity index (χ4v) is 4.10. The average molecular weight is 410 g/mol. The highest BCUT2D eigenvalue weighted by Crippen LogP contribution is 2.24. The quantitative estimate of drug-likeness (QED) is 0.768. The summed E-state index contributed by atoms with van der Waals surface area (Å²) in [6.45, 7) is 3.56. The van der Waals surface area contributed by atoms with Crippen LogP contribution >= 0.6 is 0 Å². The van der Waals surface area contributed by atoms with Crippen LogP contribution < -0.4 is 10.6 Å². The van der Waals surface area contributed by atoms with Crippen LogP contribution in [0.3, 0.4) is 0 Å². The molecule has 0 unspecified atom stereocenters. The van der Waals surface area contributed by atoms with E-state index >= 15 is 0 Å². The van der Waals surface area contributed by atoms with E-state index in [4.69, 9.17) is 0 Å². The van der Waals surface area contributed by atoms with Gasteiger partial charge in [0.25, 0.3) is 0 Å². The summed E-state index contributed by atoms with van der Waals surface area (Å²) >= 11 is 0. The highest BCUT2D eigenvalue weighted by molar-refractivity contribution is 5.93. The number of carbonyl (C=O) groups excluding carboxylic acids is 2. The van der Waals surface area contributed by atoms with E-state index in [0.717, 1.165) is 44.7 Å². The maximum absolute atomic E-state index is 12.9. The van der Waals surface area contributed by atoms with Crippen LogP contribution in [-0.2, 0) is 22.4 Å². The molecule has 0 radical (unpaired) electrons. The highest BCUT2D eigenvalue weighted by Gasteiger charge is 2.21. The van der Waals surface area contributed by atoms with Gasteiger partial charge in [-0.1, -0.05) is 6.07 Å². The predicted octanol–water partition coefficient (Wildman–Crippen LogP) is 2.51. The maximum atomic E-state index is 12.9. The van der Waals surface area contributed by atoms with Gasteiger partial charge in [-0.3, -0.25) is 19.4 Å². The van der Waals surface area contributed by atoms with Crippen molar-refractivity contribution in [2.75, 3.05) is 49.9 Å². The molecule has 158 valence electrons. The van der Waals surface area contributed by atoms with Crippen LogP contribution in [0.1, 0.15) is 17.5 Å². The summed E-state index contributed by atoms with van der Waals surface area (Å²) < 4.78 is 12.9. The molecular weight excluding hydrogens is 383 g/mol. The van der Waals surface area contributed by atoms with Crippen LogP contribution in [0.5, 0.6) is 0 Å². The molecule has 0 bridgehead atoms. The Morgan fingerprint density at radius 1 is 0.767 bits per heavy atom. The number of nitrogens with one attached hydrogen (secondary N) is 2. The number of anilines is 2. The lowest BCUT2D eigenvalue weighted by atomic mass is 10.1. The summed E-state index contributed by atoms with van der Waals surface area (Å²) in [4.78, 5) is 28.8. The van der Waals surface area contributed by atoms with E-state index in [1.807, 2.05) is 6.07 Å². The molecule has 1 heterocycles. The van der Waals surface area contributed by atoms with Crippen LogP contribution in [0.4, 0.5) is 15.8 Å².